The molecule has 0 spiro atoms. The summed E-state index contributed by atoms with van der Waals surface area (Å²) in [6.45, 7) is 2.11. The minimum Gasteiger partial charge on any atom is -0.375 e. The molecule has 3 fully saturated rings. The lowest BCUT2D eigenvalue weighted by atomic mass is 9.97. The molecule has 0 aromatic rings. The Balaban J connectivity index is 1.73. The zero-order chi connectivity index (χ0) is 12.4. The number of hydrogen-bond donors (Lipinski definition) is 1. The first-order chi connectivity index (χ1) is 8.90. The fourth-order valence-electron chi connectivity index (χ4n) is 4.39. The second-order valence-electron chi connectivity index (χ2n) is 6.25. The van der Waals surface area contributed by atoms with Crippen molar-refractivity contribution in [1.29, 1.82) is 0 Å². The smallest absolute Gasteiger partial charge is 0.0731 e. The molecule has 3 aliphatic rings. The number of likely N-dealkylation sites (N-methyl/N-ethyl adjacent to an activating group) is 1. The Hall–Kier alpha value is -0.120. The molecule has 1 N–H and O–H groups in total. The molecule has 0 radical (unpaired) electrons. The largest absolute Gasteiger partial charge is 0.375 e. The van der Waals surface area contributed by atoms with E-state index in [4.69, 9.17) is 4.74 Å². The van der Waals surface area contributed by atoms with Gasteiger partial charge in [0.15, 0.2) is 0 Å². The van der Waals surface area contributed by atoms with E-state index in [0.717, 1.165) is 25.2 Å². The molecule has 1 aliphatic heterocycles. The maximum Gasteiger partial charge on any atom is 0.0731 e. The topological polar surface area (TPSA) is 24.5 Å². The number of morpholine rings is 1. The van der Waals surface area contributed by atoms with E-state index in [2.05, 4.69) is 17.3 Å². The lowest BCUT2D eigenvalue weighted by Gasteiger charge is -2.45. The molecule has 4 atom stereocenters. The van der Waals surface area contributed by atoms with Crippen LogP contribution in [0.15, 0.2) is 0 Å². The van der Waals surface area contributed by atoms with Gasteiger partial charge in [0.05, 0.1) is 12.7 Å². The molecule has 3 heteroatoms. The number of nitrogens with zero attached hydrogens (tertiary/aromatic N) is 1. The van der Waals surface area contributed by atoms with Gasteiger partial charge in [-0.05, 0) is 39.2 Å². The lowest BCUT2D eigenvalue weighted by molar-refractivity contribution is -0.0775. The van der Waals surface area contributed by atoms with E-state index in [1.807, 2.05) is 0 Å². The van der Waals surface area contributed by atoms with Crippen LogP contribution in [-0.4, -0.2) is 49.3 Å². The third-order valence-corrected chi connectivity index (χ3v) is 5.30. The van der Waals surface area contributed by atoms with Crippen molar-refractivity contribution in [1.82, 2.24) is 10.2 Å². The van der Waals surface area contributed by atoms with Gasteiger partial charge in [0, 0.05) is 24.7 Å². The van der Waals surface area contributed by atoms with E-state index in [1.165, 1.54) is 51.4 Å². The van der Waals surface area contributed by atoms with Gasteiger partial charge >= 0.3 is 0 Å². The highest BCUT2D eigenvalue weighted by molar-refractivity contribution is 4.96. The normalized spacial score (nSPS) is 42.5. The van der Waals surface area contributed by atoms with Crippen molar-refractivity contribution >= 4 is 0 Å². The van der Waals surface area contributed by atoms with Gasteiger partial charge in [-0.1, -0.05) is 19.3 Å². The summed E-state index contributed by atoms with van der Waals surface area (Å²) in [5.74, 6) is 0. The molecule has 3 rings (SSSR count). The molecule has 0 bridgehead atoms. The van der Waals surface area contributed by atoms with E-state index in [1.54, 1.807) is 0 Å². The van der Waals surface area contributed by atoms with Crippen LogP contribution in [0.25, 0.3) is 0 Å². The maximum atomic E-state index is 5.96. The third-order valence-electron chi connectivity index (χ3n) is 5.30. The zero-order valence-corrected chi connectivity index (χ0v) is 11.7. The van der Waals surface area contributed by atoms with Crippen LogP contribution in [0.1, 0.15) is 51.4 Å². The van der Waals surface area contributed by atoms with Gasteiger partial charge in [-0.2, -0.15) is 0 Å². The highest BCUT2D eigenvalue weighted by atomic mass is 16.5. The van der Waals surface area contributed by atoms with Gasteiger partial charge < -0.3 is 10.1 Å². The predicted molar refractivity (Wildman–Crippen MR) is 73.8 cm³/mol. The average Bonchev–Trinajstić information content (AvgIpc) is 2.76. The Morgan fingerprint density at radius 2 is 1.78 bits per heavy atom. The van der Waals surface area contributed by atoms with E-state index in [9.17, 15) is 0 Å². The van der Waals surface area contributed by atoms with E-state index in [-0.39, 0.29) is 0 Å². The fraction of sp³-hybridized carbons (Fsp3) is 1.00. The van der Waals surface area contributed by atoms with E-state index in [0.29, 0.717) is 12.1 Å². The first kappa shape index (κ1) is 12.9. The van der Waals surface area contributed by atoms with Gasteiger partial charge in [-0.15, -0.1) is 0 Å². The summed E-state index contributed by atoms with van der Waals surface area (Å²) in [4.78, 5) is 2.81. The Morgan fingerprint density at radius 3 is 2.67 bits per heavy atom. The van der Waals surface area contributed by atoms with E-state index < -0.39 is 0 Å². The highest BCUT2D eigenvalue weighted by Gasteiger charge is 2.41. The standard InChI is InChI=1S/C15H28N2O/c1-16-12-6-3-2-4-7-13(12)17-10-11-18-15-9-5-8-14(15)17/h12-16H,2-11H2,1H3. The molecule has 4 unspecified atom stereocenters. The number of nitrogens with one attached hydrogen (secondary N) is 1. The Morgan fingerprint density at radius 1 is 0.944 bits per heavy atom. The second-order valence-corrected chi connectivity index (χ2v) is 6.25. The second kappa shape index (κ2) is 5.89. The molecule has 104 valence electrons. The Labute approximate surface area is 111 Å². The summed E-state index contributed by atoms with van der Waals surface area (Å²) in [5, 5.41) is 3.59. The molecule has 2 aliphatic carbocycles. The first-order valence-electron chi connectivity index (χ1n) is 7.95. The van der Waals surface area contributed by atoms with Crippen molar-refractivity contribution in [2.75, 3.05) is 20.2 Å². The zero-order valence-electron chi connectivity index (χ0n) is 11.7. The number of hydrogen-bond acceptors (Lipinski definition) is 3. The van der Waals surface area contributed by atoms with Gasteiger partial charge in [-0.3, -0.25) is 4.90 Å². The van der Waals surface area contributed by atoms with Crippen LogP contribution < -0.4 is 5.32 Å². The molecule has 1 heterocycles. The van der Waals surface area contributed by atoms with Crippen LogP contribution in [0.2, 0.25) is 0 Å². The van der Waals surface area contributed by atoms with Crippen molar-refractivity contribution in [3.8, 4) is 0 Å². The number of fused-ring (bicyclic) bond motifs is 1. The van der Waals surface area contributed by atoms with Gasteiger partial charge in [-0.25, -0.2) is 0 Å². The average molecular weight is 252 g/mol. The first-order valence-corrected chi connectivity index (χ1v) is 7.95. The van der Waals surface area contributed by atoms with Crippen molar-refractivity contribution in [3.63, 3.8) is 0 Å². The van der Waals surface area contributed by atoms with Crippen LogP contribution >= 0.6 is 0 Å². The quantitative estimate of drug-likeness (QED) is 0.762. The minimum absolute atomic E-state index is 0.541. The van der Waals surface area contributed by atoms with Crippen molar-refractivity contribution < 1.29 is 4.74 Å². The summed E-state index contributed by atoms with van der Waals surface area (Å²) in [6.07, 6.45) is 11.5. The van der Waals surface area contributed by atoms with Gasteiger partial charge in [0.25, 0.3) is 0 Å². The van der Waals surface area contributed by atoms with Crippen LogP contribution in [-0.2, 0) is 4.74 Å². The molecule has 3 nitrogen and oxygen atoms in total. The molecular weight excluding hydrogens is 224 g/mol. The van der Waals surface area contributed by atoms with E-state index >= 15 is 0 Å². The molecule has 1 saturated heterocycles. The molecule has 0 amide bonds. The molecular formula is C15H28N2O. The monoisotopic (exact) mass is 252 g/mol. The Bertz CT molecular complexity index is 271. The summed E-state index contributed by atoms with van der Waals surface area (Å²) < 4.78 is 5.96. The van der Waals surface area contributed by atoms with Crippen molar-refractivity contribution in [3.05, 3.63) is 0 Å². The van der Waals surface area contributed by atoms with Gasteiger partial charge in [0.1, 0.15) is 0 Å². The highest BCUT2D eigenvalue weighted by Crippen LogP contribution is 2.34. The SMILES string of the molecule is CNC1CCCCCC1N1CCOC2CCCC21. The summed E-state index contributed by atoms with van der Waals surface area (Å²) in [6, 6.07) is 2.18. The molecule has 0 aromatic heterocycles. The summed E-state index contributed by atoms with van der Waals surface area (Å²) >= 11 is 0. The fourth-order valence-corrected chi connectivity index (χ4v) is 4.39. The summed E-state index contributed by atoms with van der Waals surface area (Å²) in [5.41, 5.74) is 0. The predicted octanol–water partition coefficient (Wildman–Crippen LogP) is 2.16. The molecule has 18 heavy (non-hydrogen) atoms. The van der Waals surface area contributed by atoms with Gasteiger partial charge in [0.2, 0.25) is 0 Å². The van der Waals surface area contributed by atoms with Crippen LogP contribution in [0.3, 0.4) is 0 Å². The molecule has 2 saturated carbocycles. The maximum absolute atomic E-state index is 5.96. The van der Waals surface area contributed by atoms with Crippen molar-refractivity contribution in [2.24, 2.45) is 0 Å². The van der Waals surface area contributed by atoms with Crippen molar-refractivity contribution in [2.45, 2.75) is 75.6 Å². The van der Waals surface area contributed by atoms with Crippen LogP contribution in [0.4, 0.5) is 0 Å². The van der Waals surface area contributed by atoms with Crippen LogP contribution in [0, 0.1) is 0 Å². The number of rotatable bonds is 2. The van der Waals surface area contributed by atoms with Crippen LogP contribution in [0.5, 0.6) is 0 Å². The Kier molecular flexibility index (Phi) is 4.22. The number of ether oxygens (including phenoxy) is 1. The third kappa shape index (κ3) is 2.45. The lowest BCUT2D eigenvalue weighted by Crippen LogP contribution is -2.58. The summed E-state index contributed by atoms with van der Waals surface area (Å²) in [7, 11) is 2.15. The molecule has 0 aromatic carbocycles. The minimum atomic E-state index is 0.541.